The minimum absolute atomic E-state index is 0.333. The maximum Gasteiger partial charge on any atom is 0.329 e. The molecule has 1 amide bonds. The Morgan fingerprint density at radius 2 is 1.97 bits per heavy atom. The van der Waals surface area contributed by atoms with Gasteiger partial charge in [0.1, 0.15) is 11.4 Å². The summed E-state index contributed by atoms with van der Waals surface area (Å²) in [6, 6.07) is 9.96. The molecule has 0 radical (unpaired) electrons. The molecule has 2 N–H and O–H groups in total. The Bertz CT molecular complexity index is 1050. The number of benzene rings is 1. The van der Waals surface area contributed by atoms with Crippen molar-refractivity contribution in [3.63, 3.8) is 0 Å². The summed E-state index contributed by atoms with van der Waals surface area (Å²) in [5.41, 5.74) is 0.901. The van der Waals surface area contributed by atoms with E-state index in [-0.39, 0.29) is 0 Å². The SMILES string of the molecule is CCCC(C)(NC(=O)c1ccc2c(c1)nc(Cc1cccs1)n2C(CC)CC)C(=O)O. The minimum atomic E-state index is -1.29. The van der Waals surface area contributed by atoms with Gasteiger partial charge in [-0.25, -0.2) is 9.78 Å². The highest BCUT2D eigenvalue weighted by molar-refractivity contribution is 7.09. The third-order valence-electron chi connectivity index (χ3n) is 5.86. The van der Waals surface area contributed by atoms with Crippen LogP contribution in [0.25, 0.3) is 11.0 Å². The zero-order chi connectivity index (χ0) is 22.6. The average molecular weight is 442 g/mol. The zero-order valence-corrected chi connectivity index (χ0v) is 19.5. The fraction of sp³-hybridized carbons (Fsp3) is 0.458. The van der Waals surface area contributed by atoms with Crippen LogP contribution in [0.3, 0.4) is 0 Å². The van der Waals surface area contributed by atoms with Crippen molar-refractivity contribution in [2.24, 2.45) is 0 Å². The van der Waals surface area contributed by atoms with E-state index in [0.717, 1.165) is 36.1 Å². The second kappa shape index (κ2) is 9.64. The largest absolute Gasteiger partial charge is 0.480 e. The Morgan fingerprint density at radius 1 is 1.23 bits per heavy atom. The predicted octanol–water partition coefficient (Wildman–Crippen LogP) is 5.42. The van der Waals surface area contributed by atoms with Crippen molar-refractivity contribution >= 4 is 34.2 Å². The normalized spacial score (nSPS) is 13.5. The van der Waals surface area contributed by atoms with E-state index in [2.05, 4.69) is 35.2 Å². The number of thiophene rings is 1. The number of carboxylic acids is 1. The number of carbonyl (C=O) groups is 2. The van der Waals surface area contributed by atoms with E-state index < -0.39 is 17.4 Å². The van der Waals surface area contributed by atoms with Gasteiger partial charge < -0.3 is 15.0 Å². The van der Waals surface area contributed by atoms with Crippen LogP contribution in [-0.4, -0.2) is 32.1 Å². The first-order valence-electron chi connectivity index (χ1n) is 10.9. The van der Waals surface area contributed by atoms with Gasteiger partial charge in [0.25, 0.3) is 5.91 Å². The van der Waals surface area contributed by atoms with Crippen LogP contribution in [-0.2, 0) is 11.2 Å². The van der Waals surface area contributed by atoms with Crippen LogP contribution in [0.2, 0.25) is 0 Å². The molecule has 7 heteroatoms. The molecule has 0 aliphatic heterocycles. The monoisotopic (exact) mass is 441 g/mol. The lowest BCUT2D eigenvalue weighted by Crippen LogP contribution is -2.52. The summed E-state index contributed by atoms with van der Waals surface area (Å²) in [5.74, 6) is -0.428. The highest BCUT2D eigenvalue weighted by atomic mass is 32.1. The van der Waals surface area contributed by atoms with Crippen LogP contribution in [0.15, 0.2) is 35.7 Å². The molecule has 0 saturated carbocycles. The number of amides is 1. The summed E-state index contributed by atoms with van der Waals surface area (Å²) in [7, 11) is 0. The molecule has 166 valence electrons. The molecule has 31 heavy (non-hydrogen) atoms. The Kier molecular flexibility index (Phi) is 7.15. The molecule has 0 aliphatic carbocycles. The first-order valence-corrected chi connectivity index (χ1v) is 11.8. The Balaban J connectivity index is 2.00. The van der Waals surface area contributed by atoms with Crippen molar-refractivity contribution in [2.75, 3.05) is 0 Å². The summed E-state index contributed by atoms with van der Waals surface area (Å²) >= 11 is 1.71. The summed E-state index contributed by atoms with van der Waals surface area (Å²) < 4.78 is 2.30. The number of hydrogen-bond acceptors (Lipinski definition) is 4. The molecule has 3 aromatic rings. The van der Waals surface area contributed by atoms with Crippen LogP contribution in [0, 0.1) is 0 Å². The van der Waals surface area contributed by atoms with Gasteiger partial charge in [-0.15, -0.1) is 11.3 Å². The molecule has 0 aliphatic rings. The van der Waals surface area contributed by atoms with Crippen molar-refractivity contribution in [3.05, 3.63) is 52.0 Å². The quantitative estimate of drug-likeness (QED) is 0.440. The minimum Gasteiger partial charge on any atom is -0.480 e. The average Bonchev–Trinajstić information content (AvgIpc) is 3.37. The van der Waals surface area contributed by atoms with E-state index in [0.29, 0.717) is 24.4 Å². The Hall–Kier alpha value is -2.67. The molecule has 0 spiro atoms. The van der Waals surface area contributed by atoms with Gasteiger partial charge in [0, 0.05) is 22.9 Å². The number of nitrogens with one attached hydrogen (secondary N) is 1. The van der Waals surface area contributed by atoms with Crippen molar-refractivity contribution in [1.29, 1.82) is 0 Å². The number of rotatable bonds is 10. The number of aliphatic carboxylic acids is 1. The fourth-order valence-electron chi connectivity index (χ4n) is 4.09. The standard InChI is InChI=1S/C24H31N3O3S/c1-5-12-24(4,23(29)30)26-22(28)16-10-11-20-19(14-16)25-21(15-18-9-8-13-31-18)27(20)17(6-2)7-3/h8-11,13-14,17H,5-7,12,15H2,1-4H3,(H,26,28)(H,29,30). The molecule has 1 atom stereocenters. The molecule has 2 aromatic heterocycles. The van der Waals surface area contributed by atoms with Crippen LogP contribution in [0.5, 0.6) is 0 Å². The summed E-state index contributed by atoms with van der Waals surface area (Å²) in [6.45, 7) is 7.81. The number of carboxylic acid groups (broad SMARTS) is 1. The van der Waals surface area contributed by atoms with Crippen molar-refractivity contribution in [2.45, 2.75) is 71.4 Å². The maximum atomic E-state index is 12.9. The van der Waals surface area contributed by atoms with Crippen LogP contribution < -0.4 is 5.32 Å². The van der Waals surface area contributed by atoms with E-state index in [4.69, 9.17) is 4.98 Å². The van der Waals surface area contributed by atoms with Gasteiger partial charge in [0.2, 0.25) is 0 Å². The molecule has 0 saturated heterocycles. The Labute approximate surface area is 187 Å². The van der Waals surface area contributed by atoms with Gasteiger partial charge in [-0.3, -0.25) is 4.79 Å². The molecular weight excluding hydrogens is 410 g/mol. The van der Waals surface area contributed by atoms with E-state index in [1.165, 1.54) is 4.88 Å². The molecule has 0 fully saturated rings. The topological polar surface area (TPSA) is 84.2 Å². The molecule has 1 aromatic carbocycles. The third-order valence-corrected chi connectivity index (χ3v) is 6.73. The van der Waals surface area contributed by atoms with E-state index in [9.17, 15) is 14.7 Å². The summed E-state index contributed by atoms with van der Waals surface area (Å²) in [5, 5.41) is 14.4. The van der Waals surface area contributed by atoms with Gasteiger partial charge >= 0.3 is 5.97 Å². The zero-order valence-electron chi connectivity index (χ0n) is 18.6. The first kappa shape index (κ1) is 23.0. The van der Waals surface area contributed by atoms with E-state index in [1.807, 2.05) is 19.1 Å². The highest BCUT2D eigenvalue weighted by Crippen LogP contribution is 2.28. The van der Waals surface area contributed by atoms with E-state index >= 15 is 0 Å². The number of nitrogens with zero attached hydrogens (tertiary/aromatic N) is 2. The molecule has 6 nitrogen and oxygen atoms in total. The second-order valence-electron chi connectivity index (χ2n) is 8.17. The highest BCUT2D eigenvalue weighted by Gasteiger charge is 2.34. The van der Waals surface area contributed by atoms with Crippen LogP contribution in [0.1, 0.15) is 80.5 Å². The molecule has 3 rings (SSSR count). The number of carbonyl (C=O) groups excluding carboxylic acids is 1. The van der Waals surface area contributed by atoms with Crippen LogP contribution >= 0.6 is 11.3 Å². The first-order chi connectivity index (χ1) is 14.8. The third kappa shape index (κ3) is 4.82. The van der Waals surface area contributed by atoms with Gasteiger partial charge in [-0.05, 0) is 55.8 Å². The van der Waals surface area contributed by atoms with Gasteiger partial charge in [-0.2, -0.15) is 0 Å². The fourth-order valence-corrected chi connectivity index (χ4v) is 4.79. The smallest absolute Gasteiger partial charge is 0.329 e. The number of hydrogen-bond donors (Lipinski definition) is 2. The summed E-state index contributed by atoms with van der Waals surface area (Å²) in [4.78, 5) is 30.7. The molecular formula is C24H31N3O3S. The Morgan fingerprint density at radius 3 is 2.55 bits per heavy atom. The van der Waals surface area contributed by atoms with Crippen LogP contribution in [0.4, 0.5) is 0 Å². The number of aromatic nitrogens is 2. The van der Waals surface area contributed by atoms with Crippen molar-refractivity contribution < 1.29 is 14.7 Å². The molecule has 0 bridgehead atoms. The van der Waals surface area contributed by atoms with E-state index in [1.54, 1.807) is 30.4 Å². The van der Waals surface area contributed by atoms with Gasteiger partial charge in [-0.1, -0.05) is 33.3 Å². The lowest BCUT2D eigenvalue weighted by atomic mass is 9.95. The van der Waals surface area contributed by atoms with Gasteiger partial charge in [0.05, 0.1) is 11.0 Å². The lowest BCUT2D eigenvalue weighted by molar-refractivity contribution is -0.144. The lowest BCUT2D eigenvalue weighted by Gasteiger charge is -2.25. The summed E-state index contributed by atoms with van der Waals surface area (Å²) in [6.07, 6.45) is 3.77. The predicted molar refractivity (Wildman–Crippen MR) is 125 cm³/mol. The van der Waals surface area contributed by atoms with Crippen molar-refractivity contribution in [1.82, 2.24) is 14.9 Å². The number of imidazole rings is 1. The van der Waals surface area contributed by atoms with Gasteiger partial charge in [0.15, 0.2) is 0 Å². The number of fused-ring (bicyclic) bond motifs is 1. The second-order valence-corrected chi connectivity index (χ2v) is 9.20. The maximum absolute atomic E-state index is 12.9. The van der Waals surface area contributed by atoms with Crippen molar-refractivity contribution in [3.8, 4) is 0 Å². The molecule has 1 unspecified atom stereocenters. The molecule has 2 heterocycles.